The van der Waals surface area contributed by atoms with Gasteiger partial charge >= 0.3 is 5.97 Å². The molecule has 1 heterocycles. The van der Waals surface area contributed by atoms with Crippen molar-refractivity contribution in [3.63, 3.8) is 0 Å². The van der Waals surface area contributed by atoms with Crippen LogP contribution in [0.3, 0.4) is 0 Å². The van der Waals surface area contributed by atoms with Crippen LogP contribution >= 0.6 is 0 Å². The molecule has 1 unspecified atom stereocenters. The van der Waals surface area contributed by atoms with Crippen LogP contribution in [0.4, 0.5) is 0 Å². The molecular formula is C23H18O3. The third kappa shape index (κ3) is 2.58. The van der Waals surface area contributed by atoms with Gasteiger partial charge in [0.15, 0.2) is 0 Å². The highest BCUT2D eigenvalue weighted by molar-refractivity contribution is 5.99. The number of hydrogen-bond donors (Lipinski definition) is 0. The van der Waals surface area contributed by atoms with Crippen molar-refractivity contribution in [2.45, 2.75) is 5.41 Å². The molecule has 1 aliphatic rings. The van der Waals surface area contributed by atoms with E-state index in [1.165, 1.54) is 0 Å². The maximum Gasteiger partial charge on any atom is 0.330 e. The van der Waals surface area contributed by atoms with E-state index in [2.05, 4.69) is 0 Å². The molecule has 3 aromatic rings. The molecule has 0 radical (unpaired) electrons. The molecule has 0 saturated carbocycles. The van der Waals surface area contributed by atoms with Gasteiger partial charge in [-0.3, -0.25) is 0 Å². The van der Waals surface area contributed by atoms with E-state index < -0.39 is 5.41 Å². The molecule has 0 fully saturated rings. The zero-order valence-electron chi connectivity index (χ0n) is 14.4. The summed E-state index contributed by atoms with van der Waals surface area (Å²) in [6.45, 7) is 0. The van der Waals surface area contributed by atoms with Crippen molar-refractivity contribution in [3.05, 3.63) is 108 Å². The van der Waals surface area contributed by atoms with Gasteiger partial charge in [0.2, 0.25) is 0 Å². The smallest absolute Gasteiger partial charge is 0.330 e. The van der Waals surface area contributed by atoms with E-state index in [1.807, 2.05) is 91.0 Å². The quantitative estimate of drug-likeness (QED) is 0.651. The van der Waals surface area contributed by atoms with Crippen molar-refractivity contribution in [3.8, 4) is 5.75 Å². The lowest BCUT2D eigenvalue weighted by Crippen LogP contribution is -2.32. The topological polar surface area (TPSA) is 35.5 Å². The normalized spacial score (nSPS) is 19.0. The Morgan fingerprint density at radius 2 is 1.35 bits per heavy atom. The Kier molecular flexibility index (Phi) is 4.05. The first-order valence-corrected chi connectivity index (χ1v) is 8.44. The number of esters is 1. The third-order valence-electron chi connectivity index (χ3n) is 4.71. The van der Waals surface area contributed by atoms with Crippen molar-refractivity contribution >= 4 is 11.7 Å². The van der Waals surface area contributed by atoms with Gasteiger partial charge in [-0.05, 0) is 29.3 Å². The second-order valence-corrected chi connectivity index (χ2v) is 6.17. The third-order valence-corrected chi connectivity index (χ3v) is 4.71. The monoisotopic (exact) mass is 342 g/mol. The number of carbonyl (C=O) groups is 1. The van der Waals surface area contributed by atoms with Crippen LogP contribution in [-0.4, -0.2) is 13.1 Å². The number of benzene rings is 3. The lowest BCUT2D eigenvalue weighted by atomic mass is 9.75. The van der Waals surface area contributed by atoms with Crippen molar-refractivity contribution in [1.82, 2.24) is 0 Å². The van der Waals surface area contributed by atoms with Crippen LogP contribution < -0.4 is 4.74 Å². The van der Waals surface area contributed by atoms with E-state index in [0.29, 0.717) is 5.76 Å². The van der Waals surface area contributed by atoms with Gasteiger partial charge < -0.3 is 9.47 Å². The van der Waals surface area contributed by atoms with Crippen molar-refractivity contribution < 1.29 is 14.3 Å². The molecule has 1 aliphatic heterocycles. The van der Waals surface area contributed by atoms with E-state index >= 15 is 0 Å². The number of carbonyl (C=O) groups excluding carboxylic acids is 1. The highest BCUT2D eigenvalue weighted by Gasteiger charge is 2.47. The predicted molar refractivity (Wildman–Crippen MR) is 101 cm³/mol. The number of rotatable bonds is 4. The number of cyclic esters (lactones) is 1. The lowest BCUT2D eigenvalue weighted by Gasteiger charge is -2.24. The molecule has 0 aliphatic carbocycles. The molecule has 1 atom stereocenters. The van der Waals surface area contributed by atoms with Gasteiger partial charge in [-0.1, -0.05) is 72.8 Å². The average molecular weight is 342 g/mol. The van der Waals surface area contributed by atoms with E-state index in [4.69, 9.17) is 9.47 Å². The first kappa shape index (κ1) is 16.2. The van der Waals surface area contributed by atoms with Gasteiger partial charge in [0.25, 0.3) is 0 Å². The highest BCUT2D eigenvalue weighted by atomic mass is 16.5. The first-order chi connectivity index (χ1) is 12.7. The van der Waals surface area contributed by atoms with Gasteiger partial charge in [0.05, 0.1) is 7.11 Å². The van der Waals surface area contributed by atoms with Gasteiger partial charge in [-0.2, -0.15) is 0 Å². The molecule has 3 heteroatoms. The van der Waals surface area contributed by atoms with E-state index in [0.717, 1.165) is 22.4 Å². The lowest BCUT2D eigenvalue weighted by molar-refractivity contribution is -0.138. The Morgan fingerprint density at radius 1 is 0.769 bits per heavy atom. The van der Waals surface area contributed by atoms with Crippen LogP contribution in [0.15, 0.2) is 91.0 Å². The summed E-state index contributed by atoms with van der Waals surface area (Å²) in [5, 5.41) is 0. The summed E-state index contributed by atoms with van der Waals surface area (Å²) in [5.74, 6) is 1.03. The number of ether oxygens (including phenoxy) is 2. The molecule has 26 heavy (non-hydrogen) atoms. The van der Waals surface area contributed by atoms with E-state index in [-0.39, 0.29) is 5.97 Å². The summed E-state index contributed by atoms with van der Waals surface area (Å²) in [5.41, 5.74) is 1.63. The molecule has 0 N–H and O–H groups in total. The van der Waals surface area contributed by atoms with Crippen molar-refractivity contribution in [1.29, 1.82) is 0 Å². The van der Waals surface area contributed by atoms with Crippen LogP contribution in [0.2, 0.25) is 0 Å². The SMILES string of the molecule is COc1ccc(C2(c3ccccc3)C=C(c3ccccc3)OC2=O)cc1. The van der Waals surface area contributed by atoms with Crippen LogP contribution in [0.5, 0.6) is 5.75 Å². The van der Waals surface area contributed by atoms with Gasteiger partial charge in [0.1, 0.15) is 16.9 Å². The molecule has 0 aromatic heterocycles. The van der Waals surface area contributed by atoms with Crippen LogP contribution in [0.1, 0.15) is 16.7 Å². The molecule has 0 saturated heterocycles. The Hall–Kier alpha value is -3.33. The molecule has 3 nitrogen and oxygen atoms in total. The van der Waals surface area contributed by atoms with Crippen LogP contribution in [-0.2, 0) is 14.9 Å². The largest absolute Gasteiger partial charge is 0.497 e. The van der Waals surface area contributed by atoms with Gasteiger partial charge in [0, 0.05) is 5.56 Å². The average Bonchev–Trinajstić information content (AvgIpc) is 3.08. The van der Waals surface area contributed by atoms with E-state index in [1.54, 1.807) is 7.11 Å². The summed E-state index contributed by atoms with van der Waals surface area (Å²) in [4.78, 5) is 13.1. The second-order valence-electron chi connectivity index (χ2n) is 6.17. The maximum atomic E-state index is 13.1. The first-order valence-electron chi connectivity index (χ1n) is 8.44. The molecule has 0 spiro atoms. The fourth-order valence-corrected chi connectivity index (χ4v) is 3.33. The zero-order valence-corrected chi connectivity index (χ0v) is 14.4. The Labute approximate surface area is 152 Å². The predicted octanol–water partition coefficient (Wildman–Crippen LogP) is 4.58. The van der Waals surface area contributed by atoms with Crippen LogP contribution in [0.25, 0.3) is 5.76 Å². The summed E-state index contributed by atoms with van der Waals surface area (Å²) in [6, 6.07) is 26.9. The minimum absolute atomic E-state index is 0.298. The molecule has 0 bridgehead atoms. The van der Waals surface area contributed by atoms with Crippen molar-refractivity contribution in [2.75, 3.05) is 7.11 Å². The van der Waals surface area contributed by atoms with E-state index in [9.17, 15) is 4.79 Å². The number of methoxy groups -OCH3 is 1. The van der Waals surface area contributed by atoms with Crippen molar-refractivity contribution in [2.24, 2.45) is 0 Å². The maximum absolute atomic E-state index is 13.1. The number of hydrogen-bond acceptors (Lipinski definition) is 3. The zero-order chi connectivity index (χ0) is 18.0. The Balaban J connectivity index is 1.91. The molecular weight excluding hydrogens is 324 g/mol. The summed E-state index contributed by atoms with van der Waals surface area (Å²) in [7, 11) is 1.62. The fraction of sp³-hybridized carbons (Fsp3) is 0.0870. The summed E-state index contributed by atoms with van der Waals surface area (Å²) < 4.78 is 11.0. The summed E-state index contributed by atoms with van der Waals surface area (Å²) >= 11 is 0. The standard InChI is InChI=1S/C23H18O3/c1-25-20-14-12-19(13-15-20)23(18-10-6-3-7-11-18)16-21(26-22(23)24)17-8-4-2-5-9-17/h2-16H,1H3. The minimum Gasteiger partial charge on any atom is -0.497 e. The van der Waals surface area contributed by atoms with Crippen LogP contribution in [0, 0.1) is 0 Å². The Morgan fingerprint density at radius 3 is 1.96 bits per heavy atom. The Bertz CT molecular complexity index is 944. The second kappa shape index (κ2) is 6.52. The molecule has 128 valence electrons. The van der Waals surface area contributed by atoms with Gasteiger partial charge in [-0.15, -0.1) is 0 Å². The summed E-state index contributed by atoms with van der Waals surface area (Å²) in [6.07, 6.45) is 1.92. The minimum atomic E-state index is -0.974. The highest BCUT2D eigenvalue weighted by Crippen LogP contribution is 2.43. The fourth-order valence-electron chi connectivity index (χ4n) is 3.33. The van der Waals surface area contributed by atoms with Gasteiger partial charge in [-0.25, -0.2) is 4.79 Å². The molecule has 4 rings (SSSR count). The molecule has 3 aromatic carbocycles. The molecule has 0 amide bonds.